The molecule has 5 rings (SSSR count). The van der Waals surface area contributed by atoms with E-state index in [0.29, 0.717) is 42.1 Å². The van der Waals surface area contributed by atoms with Crippen LogP contribution >= 0.6 is 0 Å². The molecule has 2 saturated heterocycles. The number of benzene rings is 1. The topological polar surface area (TPSA) is 88.4 Å². The number of carbonyl (C=O) groups excluding carboxylic acids is 1. The lowest BCUT2D eigenvalue weighted by Gasteiger charge is -2.34. The molecule has 0 bridgehead atoms. The van der Waals surface area contributed by atoms with Crippen LogP contribution in [0.3, 0.4) is 0 Å². The summed E-state index contributed by atoms with van der Waals surface area (Å²) in [5, 5.41) is 5.44. The van der Waals surface area contributed by atoms with Gasteiger partial charge in [0, 0.05) is 31.7 Å². The number of amides is 1. The lowest BCUT2D eigenvalue weighted by Crippen LogP contribution is -2.48. The zero-order valence-electron chi connectivity index (χ0n) is 20.0. The van der Waals surface area contributed by atoms with Gasteiger partial charge in [0.2, 0.25) is 0 Å². The molecular formula is C25H31N5O3S. The summed E-state index contributed by atoms with van der Waals surface area (Å²) in [6.45, 7) is 10.1. The summed E-state index contributed by atoms with van der Waals surface area (Å²) in [7, 11) is -3.09. The van der Waals surface area contributed by atoms with E-state index in [9.17, 15) is 13.2 Å². The Hall–Kier alpha value is -2.78. The van der Waals surface area contributed by atoms with Crippen molar-refractivity contribution in [1.82, 2.24) is 24.6 Å². The molecule has 2 fully saturated rings. The predicted octanol–water partition coefficient (Wildman–Crippen LogP) is 2.85. The zero-order chi connectivity index (χ0) is 24.0. The molecule has 4 heterocycles. The van der Waals surface area contributed by atoms with Crippen molar-refractivity contribution < 1.29 is 13.2 Å². The van der Waals surface area contributed by atoms with Crippen LogP contribution in [-0.4, -0.2) is 83.1 Å². The normalized spacial score (nSPS) is 20.8. The Balaban J connectivity index is 1.64. The van der Waals surface area contributed by atoms with Crippen molar-refractivity contribution in [3.63, 3.8) is 0 Å². The number of sulfone groups is 1. The third-order valence-electron chi connectivity index (χ3n) is 7.08. The van der Waals surface area contributed by atoms with Crippen molar-refractivity contribution in [3.05, 3.63) is 47.2 Å². The van der Waals surface area contributed by atoms with E-state index < -0.39 is 9.84 Å². The quantitative estimate of drug-likeness (QED) is 0.569. The zero-order valence-corrected chi connectivity index (χ0v) is 20.8. The molecule has 2 aliphatic rings. The van der Waals surface area contributed by atoms with Crippen LogP contribution in [0.4, 0.5) is 0 Å². The van der Waals surface area contributed by atoms with Crippen molar-refractivity contribution in [2.45, 2.75) is 33.2 Å². The Morgan fingerprint density at radius 3 is 2.41 bits per heavy atom. The number of piperazine rings is 1. The summed E-state index contributed by atoms with van der Waals surface area (Å²) in [6, 6.07) is 9.68. The number of aromatic nitrogens is 3. The average Bonchev–Trinajstić information content (AvgIpc) is 3.37. The molecular weight excluding hydrogens is 450 g/mol. The van der Waals surface area contributed by atoms with Gasteiger partial charge in [-0.3, -0.25) is 4.79 Å². The average molecular weight is 482 g/mol. The minimum absolute atomic E-state index is 0.0155. The van der Waals surface area contributed by atoms with Crippen molar-refractivity contribution in [1.29, 1.82) is 0 Å². The first-order chi connectivity index (χ1) is 16.3. The van der Waals surface area contributed by atoms with Crippen LogP contribution in [0, 0.1) is 13.8 Å². The molecule has 8 nitrogen and oxygen atoms in total. The van der Waals surface area contributed by atoms with Gasteiger partial charge in [-0.1, -0.05) is 36.8 Å². The first kappa shape index (κ1) is 23.0. The van der Waals surface area contributed by atoms with Gasteiger partial charge in [0.15, 0.2) is 15.5 Å². The van der Waals surface area contributed by atoms with E-state index >= 15 is 0 Å². The number of carbonyl (C=O) groups is 1. The van der Waals surface area contributed by atoms with E-state index in [1.807, 2.05) is 49.1 Å². The van der Waals surface area contributed by atoms with E-state index in [-0.39, 0.29) is 23.5 Å². The minimum Gasteiger partial charge on any atom is -0.336 e. The van der Waals surface area contributed by atoms with Crippen molar-refractivity contribution in [2.75, 3.05) is 44.2 Å². The lowest BCUT2D eigenvalue weighted by atomic mass is 10.0. The van der Waals surface area contributed by atoms with Crippen LogP contribution in [0.25, 0.3) is 22.3 Å². The Labute approximate surface area is 200 Å². The van der Waals surface area contributed by atoms with Crippen molar-refractivity contribution >= 4 is 26.8 Å². The van der Waals surface area contributed by atoms with E-state index in [1.54, 1.807) is 4.68 Å². The fourth-order valence-corrected chi connectivity index (χ4v) is 6.71. The summed E-state index contributed by atoms with van der Waals surface area (Å²) >= 11 is 0. The smallest absolute Gasteiger partial charge is 0.254 e. The Bertz CT molecular complexity index is 1340. The maximum atomic E-state index is 13.8. The summed E-state index contributed by atoms with van der Waals surface area (Å²) in [5.41, 5.74) is 4.65. The van der Waals surface area contributed by atoms with Crippen LogP contribution in [0.15, 0.2) is 30.3 Å². The van der Waals surface area contributed by atoms with Gasteiger partial charge in [0.05, 0.1) is 39.9 Å². The highest BCUT2D eigenvalue weighted by Crippen LogP contribution is 2.32. The molecule has 9 heteroatoms. The van der Waals surface area contributed by atoms with E-state index in [1.165, 1.54) is 0 Å². The monoisotopic (exact) mass is 481 g/mol. The van der Waals surface area contributed by atoms with E-state index in [2.05, 4.69) is 11.8 Å². The Kier molecular flexibility index (Phi) is 5.93. The highest BCUT2D eigenvalue weighted by Gasteiger charge is 2.33. The molecule has 180 valence electrons. The molecule has 2 aliphatic heterocycles. The molecule has 2 aromatic heterocycles. The fourth-order valence-electron chi connectivity index (χ4n) is 5.01. The Morgan fingerprint density at radius 2 is 1.79 bits per heavy atom. The standard InChI is InChI=1S/C25H31N5O3S/c1-4-28-10-12-29(13-11-28)25(31)21-15-22(19-7-5-17(2)6-8-19)26-24-23(21)18(3)27-30(24)20-9-14-34(32,33)16-20/h5-8,15,20H,4,9-14,16H2,1-3H3/t20-/m1/s1. The summed E-state index contributed by atoms with van der Waals surface area (Å²) < 4.78 is 26.1. The molecule has 1 amide bonds. The van der Waals surface area contributed by atoms with Gasteiger partial charge in [-0.05, 0) is 32.9 Å². The van der Waals surface area contributed by atoms with Gasteiger partial charge >= 0.3 is 0 Å². The number of pyridine rings is 1. The molecule has 0 N–H and O–H groups in total. The largest absolute Gasteiger partial charge is 0.336 e. The molecule has 0 radical (unpaired) electrons. The molecule has 1 atom stereocenters. The van der Waals surface area contributed by atoms with Crippen LogP contribution in [0.2, 0.25) is 0 Å². The van der Waals surface area contributed by atoms with Crippen LogP contribution in [0.5, 0.6) is 0 Å². The number of hydrogen-bond donors (Lipinski definition) is 0. The molecule has 3 aromatic rings. The third kappa shape index (κ3) is 4.22. The second kappa shape index (κ2) is 8.78. The second-order valence-corrected chi connectivity index (χ2v) is 11.7. The molecule has 0 saturated carbocycles. The number of likely N-dealkylation sites (N-methyl/N-ethyl adjacent to an activating group) is 1. The first-order valence-electron chi connectivity index (χ1n) is 11.9. The number of rotatable bonds is 4. The summed E-state index contributed by atoms with van der Waals surface area (Å²) in [6.07, 6.45) is 0.511. The van der Waals surface area contributed by atoms with Gasteiger partial charge in [-0.25, -0.2) is 18.1 Å². The minimum atomic E-state index is -3.09. The predicted molar refractivity (Wildman–Crippen MR) is 133 cm³/mol. The van der Waals surface area contributed by atoms with Crippen LogP contribution in [0.1, 0.15) is 41.0 Å². The SMILES string of the molecule is CCN1CCN(C(=O)c2cc(-c3ccc(C)cc3)nc3c2c(C)nn3[C@@H]2CCS(=O)(=O)C2)CC1. The number of fused-ring (bicyclic) bond motifs is 1. The summed E-state index contributed by atoms with van der Waals surface area (Å²) in [4.78, 5) is 23.0. The summed E-state index contributed by atoms with van der Waals surface area (Å²) in [5.74, 6) is 0.198. The second-order valence-electron chi connectivity index (χ2n) is 9.43. The van der Waals surface area contributed by atoms with E-state index in [0.717, 1.165) is 36.1 Å². The molecule has 34 heavy (non-hydrogen) atoms. The van der Waals surface area contributed by atoms with E-state index in [4.69, 9.17) is 10.1 Å². The van der Waals surface area contributed by atoms with Crippen molar-refractivity contribution in [3.8, 4) is 11.3 Å². The maximum Gasteiger partial charge on any atom is 0.254 e. The fraction of sp³-hybridized carbons (Fsp3) is 0.480. The van der Waals surface area contributed by atoms with Gasteiger partial charge in [-0.15, -0.1) is 0 Å². The van der Waals surface area contributed by atoms with Crippen LogP contribution < -0.4 is 0 Å². The maximum absolute atomic E-state index is 13.8. The third-order valence-corrected chi connectivity index (χ3v) is 8.83. The van der Waals surface area contributed by atoms with Crippen LogP contribution in [-0.2, 0) is 9.84 Å². The number of aryl methyl sites for hydroxylation is 2. The number of hydrogen-bond acceptors (Lipinski definition) is 6. The first-order valence-corrected chi connectivity index (χ1v) is 13.8. The highest BCUT2D eigenvalue weighted by atomic mass is 32.2. The number of nitrogens with zero attached hydrogens (tertiary/aromatic N) is 5. The van der Waals surface area contributed by atoms with Gasteiger partial charge < -0.3 is 9.80 Å². The van der Waals surface area contributed by atoms with Gasteiger partial charge in [0.1, 0.15) is 0 Å². The molecule has 0 aliphatic carbocycles. The lowest BCUT2D eigenvalue weighted by molar-refractivity contribution is 0.0645. The Morgan fingerprint density at radius 1 is 1.09 bits per heavy atom. The van der Waals surface area contributed by atoms with Gasteiger partial charge in [-0.2, -0.15) is 5.10 Å². The molecule has 1 aromatic carbocycles. The highest BCUT2D eigenvalue weighted by molar-refractivity contribution is 7.91. The molecule has 0 unspecified atom stereocenters. The van der Waals surface area contributed by atoms with Gasteiger partial charge in [0.25, 0.3) is 5.91 Å². The van der Waals surface area contributed by atoms with Crippen molar-refractivity contribution in [2.24, 2.45) is 0 Å². The molecule has 0 spiro atoms.